The quantitative estimate of drug-likeness (QED) is 0.463. The molecule has 0 fully saturated rings. The first-order chi connectivity index (χ1) is 14.9. The van der Waals surface area contributed by atoms with Crippen molar-refractivity contribution in [1.29, 1.82) is 0 Å². The molecule has 5 rings (SSSR count). The molecular weight excluding hydrogens is 418 g/mol. The van der Waals surface area contributed by atoms with Gasteiger partial charge in [0.2, 0.25) is 5.65 Å². The summed E-state index contributed by atoms with van der Waals surface area (Å²) in [6.45, 7) is 2.71. The third kappa shape index (κ3) is 3.47. The van der Waals surface area contributed by atoms with Crippen molar-refractivity contribution in [3.63, 3.8) is 0 Å². The van der Waals surface area contributed by atoms with Gasteiger partial charge in [-0.2, -0.15) is 4.98 Å². The number of anilines is 1. The van der Waals surface area contributed by atoms with Crippen LogP contribution in [0.1, 0.15) is 21.5 Å². The molecule has 4 aromatic rings. The van der Waals surface area contributed by atoms with Gasteiger partial charge in [0, 0.05) is 30.9 Å². The molecule has 8 heteroatoms. The van der Waals surface area contributed by atoms with Crippen LogP contribution in [-0.2, 0) is 6.42 Å². The van der Waals surface area contributed by atoms with E-state index in [9.17, 15) is 9.90 Å². The van der Waals surface area contributed by atoms with Crippen LogP contribution < -0.4 is 9.64 Å². The first-order valence-corrected chi connectivity index (χ1v) is 10.1. The fraction of sp³-hybridized carbons (Fsp3) is 0.174. The van der Waals surface area contributed by atoms with E-state index in [1.54, 1.807) is 25.1 Å². The maximum absolute atomic E-state index is 11.3. The number of likely N-dealkylation sites (N-methyl/N-ethyl adjacent to an activating group) is 1. The van der Waals surface area contributed by atoms with Gasteiger partial charge < -0.3 is 19.2 Å². The monoisotopic (exact) mass is 435 g/mol. The van der Waals surface area contributed by atoms with Crippen molar-refractivity contribution in [2.24, 2.45) is 0 Å². The molecule has 0 atom stereocenters. The molecule has 0 saturated heterocycles. The number of rotatable bonds is 4. The first kappa shape index (κ1) is 19.4. The van der Waals surface area contributed by atoms with Crippen LogP contribution >= 0.6 is 11.6 Å². The Morgan fingerprint density at radius 1 is 1.19 bits per heavy atom. The Morgan fingerprint density at radius 3 is 2.84 bits per heavy atom. The van der Waals surface area contributed by atoms with Gasteiger partial charge in [-0.05, 0) is 48.7 Å². The van der Waals surface area contributed by atoms with E-state index >= 15 is 0 Å². The first-order valence-electron chi connectivity index (χ1n) is 9.72. The van der Waals surface area contributed by atoms with Crippen LogP contribution in [0.25, 0.3) is 22.5 Å². The third-order valence-electron chi connectivity index (χ3n) is 5.44. The molecule has 0 radical (unpaired) electrons. The summed E-state index contributed by atoms with van der Waals surface area (Å²) in [6, 6.07) is 12.6. The van der Waals surface area contributed by atoms with Crippen LogP contribution in [0.2, 0.25) is 5.02 Å². The Labute approximate surface area is 182 Å². The van der Waals surface area contributed by atoms with Crippen molar-refractivity contribution in [3.8, 4) is 23.1 Å². The minimum Gasteiger partial charge on any atom is -0.478 e. The zero-order chi connectivity index (χ0) is 21.7. The lowest BCUT2D eigenvalue weighted by molar-refractivity contribution is 0.0695. The highest BCUT2D eigenvalue weighted by molar-refractivity contribution is 6.33. The molecule has 0 bridgehead atoms. The number of ether oxygens (including phenoxy) is 1. The molecule has 31 heavy (non-hydrogen) atoms. The maximum atomic E-state index is 11.3. The Morgan fingerprint density at radius 2 is 2.03 bits per heavy atom. The van der Waals surface area contributed by atoms with E-state index in [1.165, 1.54) is 17.3 Å². The van der Waals surface area contributed by atoms with E-state index in [0.717, 1.165) is 18.5 Å². The summed E-state index contributed by atoms with van der Waals surface area (Å²) in [5, 5.41) is 9.74. The molecule has 1 N–H and O–H groups in total. The Kier molecular flexibility index (Phi) is 4.55. The number of nitrogens with zero attached hydrogens (tertiary/aromatic N) is 3. The maximum Gasteiger partial charge on any atom is 0.401 e. The highest BCUT2D eigenvalue weighted by atomic mass is 35.5. The number of fused-ring (bicyclic) bond motifs is 2. The number of aryl methyl sites for hydroxylation is 1. The van der Waals surface area contributed by atoms with Crippen LogP contribution in [0.4, 0.5) is 5.69 Å². The van der Waals surface area contributed by atoms with E-state index < -0.39 is 5.97 Å². The van der Waals surface area contributed by atoms with Crippen molar-refractivity contribution in [2.45, 2.75) is 13.3 Å². The highest BCUT2D eigenvalue weighted by Gasteiger charge is 2.19. The van der Waals surface area contributed by atoms with Crippen molar-refractivity contribution >= 4 is 34.5 Å². The molecule has 0 saturated carbocycles. The predicted molar refractivity (Wildman–Crippen MR) is 117 cm³/mol. The predicted octanol–water partition coefficient (Wildman–Crippen LogP) is 5.33. The summed E-state index contributed by atoms with van der Waals surface area (Å²) >= 11 is 6.49. The number of hydrogen-bond acceptors (Lipinski definition) is 6. The number of oxazole rings is 1. The fourth-order valence-electron chi connectivity index (χ4n) is 3.78. The molecular formula is C23H18ClN3O4. The molecule has 3 heterocycles. The van der Waals surface area contributed by atoms with E-state index in [2.05, 4.69) is 34.0 Å². The molecule has 7 nitrogen and oxygen atoms in total. The van der Waals surface area contributed by atoms with Gasteiger partial charge in [0.1, 0.15) is 5.75 Å². The number of hydrogen-bond donors (Lipinski definition) is 1. The fourth-order valence-corrected chi connectivity index (χ4v) is 4.03. The molecule has 0 spiro atoms. The molecule has 1 aliphatic rings. The van der Waals surface area contributed by atoms with Crippen LogP contribution in [0.5, 0.6) is 11.8 Å². The SMILES string of the molecule is Cc1ccc(Oc2nc3nc(-c4ccc5c(c4)CCN5C)c(Cl)cc3o2)cc1C(=O)O. The second-order valence-electron chi connectivity index (χ2n) is 7.52. The second kappa shape index (κ2) is 7.28. The average Bonchev–Trinajstić information content (AvgIpc) is 3.30. The van der Waals surface area contributed by atoms with Crippen LogP contribution in [0.15, 0.2) is 46.9 Å². The van der Waals surface area contributed by atoms with E-state index in [0.29, 0.717) is 33.3 Å². The summed E-state index contributed by atoms with van der Waals surface area (Å²) in [7, 11) is 2.08. The highest BCUT2D eigenvalue weighted by Crippen LogP contribution is 2.35. The van der Waals surface area contributed by atoms with Crippen molar-refractivity contribution < 1.29 is 19.1 Å². The largest absolute Gasteiger partial charge is 0.478 e. The molecule has 0 amide bonds. The minimum absolute atomic E-state index is 0.0357. The summed E-state index contributed by atoms with van der Waals surface area (Å²) in [4.78, 5) is 22.5. The standard InChI is InChI=1S/C23H18ClN3O4/c1-12-3-5-15(10-16(12)22(28)29)30-23-26-21-19(31-23)11-17(24)20(25-21)14-4-6-18-13(9-14)7-8-27(18)2/h3-6,9-11H,7-8H2,1-2H3,(H,28,29). The van der Waals surface area contributed by atoms with E-state index in [1.807, 2.05) is 6.07 Å². The number of halogens is 1. The van der Waals surface area contributed by atoms with Gasteiger partial charge in [0.25, 0.3) is 0 Å². The lowest BCUT2D eigenvalue weighted by Crippen LogP contribution is -2.12. The summed E-state index contributed by atoms with van der Waals surface area (Å²) < 4.78 is 11.3. The Balaban J connectivity index is 1.49. The van der Waals surface area contributed by atoms with Crippen LogP contribution in [0.3, 0.4) is 0 Å². The number of pyridine rings is 1. The molecule has 156 valence electrons. The van der Waals surface area contributed by atoms with Crippen molar-refractivity contribution in [2.75, 3.05) is 18.5 Å². The van der Waals surface area contributed by atoms with Crippen LogP contribution in [0, 0.1) is 6.92 Å². The number of carboxylic acid groups (broad SMARTS) is 1. The normalized spacial score (nSPS) is 12.9. The molecule has 1 aliphatic heterocycles. The van der Waals surface area contributed by atoms with Gasteiger partial charge in [0.15, 0.2) is 5.58 Å². The summed E-state index contributed by atoms with van der Waals surface area (Å²) in [5.41, 5.74) is 5.54. The summed E-state index contributed by atoms with van der Waals surface area (Å²) in [6.07, 6.45) is 0.947. The lowest BCUT2D eigenvalue weighted by atomic mass is 10.1. The molecule has 2 aromatic heterocycles. The van der Waals surface area contributed by atoms with Gasteiger partial charge in [-0.1, -0.05) is 23.7 Å². The van der Waals surface area contributed by atoms with E-state index in [4.69, 9.17) is 20.8 Å². The zero-order valence-corrected chi connectivity index (χ0v) is 17.6. The number of carboxylic acids is 1. The second-order valence-corrected chi connectivity index (χ2v) is 7.93. The topological polar surface area (TPSA) is 88.7 Å². The van der Waals surface area contributed by atoms with Gasteiger partial charge in [-0.3, -0.25) is 0 Å². The number of benzene rings is 2. The van der Waals surface area contributed by atoms with E-state index in [-0.39, 0.29) is 11.6 Å². The number of aromatic carboxylic acids is 1. The molecule has 2 aromatic carbocycles. The number of aromatic nitrogens is 2. The van der Waals surface area contributed by atoms with Crippen molar-refractivity contribution in [1.82, 2.24) is 9.97 Å². The molecule has 0 unspecified atom stereocenters. The van der Waals surface area contributed by atoms with Gasteiger partial charge in [-0.15, -0.1) is 0 Å². The van der Waals surface area contributed by atoms with Gasteiger partial charge in [-0.25, -0.2) is 9.78 Å². The summed E-state index contributed by atoms with van der Waals surface area (Å²) in [5.74, 6) is -0.720. The Hall–Kier alpha value is -3.58. The van der Waals surface area contributed by atoms with Gasteiger partial charge in [0.05, 0.1) is 16.3 Å². The minimum atomic E-state index is -1.03. The smallest absolute Gasteiger partial charge is 0.401 e. The van der Waals surface area contributed by atoms with Gasteiger partial charge >= 0.3 is 12.0 Å². The Bertz CT molecular complexity index is 1350. The third-order valence-corrected chi connectivity index (χ3v) is 5.73. The van der Waals surface area contributed by atoms with Crippen molar-refractivity contribution in [3.05, 3.63) is 64.2 Å². The zero-order valence-electron chi connectivity index (χ0n) is 16.8. The number of carbonyl (C=O) groups is 1. The molecule has 0 aliphatic carbocycles. The lowest BCUT2D eigenvalue weighted by Gasteiger charge is -2.12. The van der Waals surface area contributed by atoms with Crippen LogP contribution in [-0.4, -0.2) is 34.6 Å². The average molecular weight is 436 g/mol.